The van der Waals surface area contributed by atoms with Crippen LogP contribution in [0.5, 0.6) is 0 Å². The number of benzene rings is 1. The van der Waals surface area contributed by atoms with Crippen molar-refractivity contribution in [3.05, 3.63) is 54.6 Å². The average Bonchev–Trinajstić information content (AvgIpc) is 3.45. The molecule has 0 bridgehead atoms. The van der Waals surface area contributed by atoms with Gasteiger partial charge in [0.2, 0.25) is 10.0 Å². The topological polar surface area (TPSA) is 125 Å². The zero-order chi connectivity index (χ0) is 25.5. The number of sulfonamides is 1. The zero-order valence-electron chi connectivity index (χ0n) is 20.2. The SMILES string of the molecule is COCC1CCC(n2c(CNS(C)(=O)=O)nc3cnc4c(ccn4S(=O)(=O)c4ccccc4)c32)CC1. The molecule has 0 spiro atoms. The molecule has 0 amide bonds. The van der Waals surface area contributed by atoms with Gasteiger partial charge in [-0.05, 0) is 49.8 Å². The summed E-state index contributed by atoms with van der Waals surface area (Å²) in [6, 6.07) is 10.1. The van der Waals surface area contributed by atoms with E-state index in [9.17, 15) is 16.8 Å². The average molecular weight is 532 g/mol. The quantitative estimate of drug-likeness (QED) is 0.370. The Balaban J connectivity index is 1.65. The van der Waals surface area contributed by atoms with Gasteiger partial charge in [0.05, 0.1) is 29.4 Å². The second kappa shape index (κ2) is 9.58. The molecule has 1 aliphatic rings. The Hall–Kier alpha value is -2.80. The monoisotopic (exact) mass is 531 g/mol. The Labute approximate surface area is 210 Å². The van der Waals surface area contributed by atoms with Gasteiger partial charge in [-0.3, -0.25) is 0 Å². The third-order valence-corrected chi connectivity index (χ3v) is 9.13. The molecule has 10 nitrogen and oxygen atoms in total. The van der Waals surface area contributed by atoms with Crippen molar-refractivity contribution in [3.63, 3.8) is 0 Å². The van der Waals surface area contributed by atoms with Crippen molar-refractivity contribution in [3.8, 4) is 0 Å². The summed E-state index contributed by atoms with van der Waals surface area (Å²) in [5.74, 6) is 1.07. The lowest BCUT2D eigenvalue weighted by molar-refractivity contribution is 0.120. The number of fused-ring (bicyclic) bond motifs is 3. The Morgan fingerprint density at radius 3 is 2.44 bits per heavy atom. The van der Waals surface area contributed by atoms with Gasteiger partial charge >= 0.3 is 0 Å². The van der Waals surface area contributed by atoms with Crippen LogP contribution >= 0.6 is 0 Å². The summed E-state index contributed by atoms with van der Waals surface area (Å²) < 4.78 is 61.6. The minimum atomic E-state index is -3.85. The third-order valence-electron chi connectivity index (χ3n) is 6.78. The van der Waals surface area contributed by atoms with Crippen LogP contribution in [0, 0.1) is 5.92 Å². The molecule has 1 N–H and O–H groups in total. The molecular formula is C24H29N5O5S2. The number of nitrogens with zero attached hydrogens (tertiary/aromatic N) is 4. The van der Waals surface area contributed by atoms with Crippen molar-refractivity contribution >= 4 is 42.1 Å². The Kier molecular flexibility index (Phi) is 6.62. The van der Waals surface area contributed by atoms with E-state index in [0.29, 0.717) is 34.9 Å². The molecule has 3 heterocycles. The molecule has 1 fully saturated rings. The van der Waals surface area contributed by atoms with Crippen LogP contribution in [-0.2, 0) is 31.3 Å². The minimum Gasteiger partial charge on any atom is -0.384 e. The van der Waals surface area contributed by atoms with Crippen LogP contribution in [0.15, 0.2) is 53.7 Å². The Morgan fingerprint density at radius 1 is 1.06 bits per heavy atom. The summed E-state index contributed by atoms with van der Waals surface area (Å²) in [7, 11) is -5.57. The van der Waals surface area contributed by atoms with Crippen LogP contribution in [0.3, 0.4) is 0 Å². The molecule has 36 heavy (non-hydrogen) atoms. The molecule has 0 saturated heterocycles. The van der Waals surface area contributed by atoms with Crippen molar-refractivity contribution in [1.29, 1.82) is 0 Å². The predicted molar refractivity (Wildman–Crippen MR) is 137 cm³/mol. The molecule has 0 aliphatic heterocycles. The van der Waals surface area contributed by atoms with E-state index in [1.165, 1.54) is 10.2 Å². The van der Waals surface area contributed by atoms with Gasteiger partial charge in [-0.1, -0.05) is 18.2 Å². The fourth-order valence-electron chi connectivity index (χ4n) is 5.11. The highest BCUT2D eigenvalue weighted by Gasteiger charge is 2.28. The molecule has 5 rings (SSSR count). The molecule has 0 radical (unpaired) electrons. The highest BCUT2D eigenvalue weighted by molar-refractivity contribution is 7.90. The fraction of sp³-hybridized carbons (Fsp3) is 0.417. The maximum Gasteiger partial charge on any atom is 0.269 e. The lowest BCUT2D eigenvalue weighted by Crippen LogP contribution is -2.26. The van der Waals surface area contributed by atoms with Crippen LogP contribution in [0.25, 0.3) is 22.1 Å². The van der Waals surface area contributed by atoms with Crippen LogP contribution in [-0.4, -0.2) is 55.3 Å². The predicted octanol–water partition coefficient (Wildman–Crippen LogP) is 3.05. The summed E-state index contributed by atoms with van der Waals surface area (Å²) in [5, 5.41) is 0.657. The Bertz CT molecular complexity index is 1600. The first kappa shape index (κ1) is 24.9. The van der Waals surface area contributed by atoms with Crippen molar-refractivity contribution in [2.75, 3.05) is 20.0 Å². The molecule has 4 aromatic rings. The van der Waals surface area contributed by atoms with E-state index in [0.717, 1.165) is 37.5 Å². The normalized spacial score (nSPS) is 19.3. The summed E-state index contributed by atoms with van der Waals surface area (Å²) in [5.41, 5.74) is 1.67. The van der Waals surface area contributed by atoms with Crippen molar-refractivity contribution in [2.24, 2.45) is 5.92 Å². The lowest BCUT2D eigenvalue weighted by atomic mass is 9.86. The number of pyridine rings is 1. The first-order valence-corrected chi connectivity index (χ1v) is 15.1. The van der Waals surface area contributed by atoms with Crippen molar-refractivity contribution in [1.82, 2.24) is 23.2 Å². The molecule has 12 heteroatoms. The van der Waals surface area contributed by atoms with Crippen LogP contribution in [0.1, 0.15) is 37.5 Å². The number of imidazole rings is 1. The number of hydrogen-bond acceptors (Lipinski definition) is 7. The number of methoxy groups -OCH3 is 1. The van der Waals surface area contributed by atoms with E-state index >= 15 is 0 Å². The van der Waals surface area contributed by atoms with Crippen LogP contribution in [0.2, 0.25) is 0 Å². The third kappa shape index (κ3) is 4.65. The number of rotatable bonds is 8. The van der Waals surface area contributed by atoms with E-state index in [1.54, 1.807) is 49.7 Å². The van der Waals surface area contributed by atoms with Gasteiger partial charge in [-0.15, -0.1) is 0 Å². The smallest absolute Gasteiger partial charge is 0.269 e. The summed E-state index contributed by atoms with van der Waals surface area (Å²) in [6.45, 7) is 0.754. The molecule has 192 valence electrons. The molecule has 1 aliphatic carbocycles. The number of hydrogen-bond donors (Lipinski definition) is 1. The van der Waals surface area contributed by atoms with Gasteiger partial charge in [0.25, 0.3) is 10.0 Å². The van der Waals surface area contributed by atoms with Gasteiger partial charge in [-0.2, -0.15) is 0 Å². The number of aromatic nitrogens is 4. The van der Waals surface area contributed by atoms with Crippen LogP contribution in [0.4, 0.5) is 0 Å². The first-order valence-electron chi connectivity index (χ1n) is 11.8. The van der Waals surface area contributed by atoms with Crippen LogP contribution < -0.4 is 4.72 Å². The molecule has 0 atom stereocenters. The first-order chi connectivity index (χ1) is 17.2. The van der Waals surface area contributed by atoms with Gasteiger partial charge in [0.15, 0.2) is 5.65 Å². The second-order valence-corrected chi connectivity index (χ2v) is 12.9. The fourth-order valence-corrected chi connectivity index (χ4v) is 6.83. The second-order valence-electron chi connectivity index (χ2n) is 9.28. The highest BCUT2D eigenvalue weighted by Crippen LogP contribution is 2.37. The maximum absolute atomic E-state index is 13.4. The van der Waals surface area contributed by atoms with Gasteiger partial charge in [0, 0.05) is 31.3 Å². The lowest BCUT2D eigenvalue weighted by Gasteiger charge is -2.30. The van der Waals surface area contributed by atoms with Crippen molar-refractivity contribution in [2.45, 2.75) is 43.2 Å². The van der Waals surface area contributed by atoms with E-state index in [1.807, 2.05) is 0 Å². The zero-order valence-corrected chi connectivity index (χ0v) is 21.8. The largest absolute Gasteiger partial charge is 0.384 e. The molecule has 1 saturated carbocycles. The standard InChI is InChI=1S/C24H29N5O5S2/c1-34-16-17-8-10-18(11-9-17)29-22(15-26-35(2,30)31)27-21-14-25-24-20(23(21)29)12-13-28(24)36(32,33)19-6-4-3-5-7-19/h3-7,12-14,17-18,26H,8-11,15-16H2,1-2H3. The number of nitrogens with one attached hydrogen (secondary N) is 1. The van der Waals surface area contributed by atoms with Gasteiger partial charge in [-0.25, -0.2) is 35.5 Å². The summed E-state index contributed by atoms with van der Waals surface area (Å²) in [4.78, 5) is 9.35. The van der Waals surface area contributed by atoms with E-state index in [2.05, 4.69) is 14.3 Å². The van der Waals surface area contributed by atoms with Crippen molar-refractivity contribution < 1.29 is 21.6 Å². The van der Waals surface area contributed by atoms with E-state index < -0.39 is 20.0 Å². The molecular weight excluding hydrogens is 502 g/mol. The van der Waals surface area contributed by atoms with E-state index in [4.69, 9.17) is 9.72 Å². The van der Waals surface area contributed by atoms with E-state index in [-0.39, 0.29) is 17.5 Å². The number of ether oxygens (including phenoxy) is 1. The van der Waals surface area contributed by atoms with Gasteiger partial charge in [0.1, 0.15) is 11.3 Å². The maximum atomic E-state index is 13.4. The molecule has 3 aromatic heterocycles. The highest BCUT2D eigenvalue weighted by atomic mass is 32.2. The summed E-state index contributed by atoms with van der Waals surface area (Å²) >= 11 is 0. The minimum absolute atomic E-state index is 0.0377. The van der Waals surface area contributed by atoms with Gasteiger partial charge < -0.3 is 9.30 Å². The molecule has 1 aromatic carbocycles. The summed E-state index contributed by atoms with van der Waals surface area (Å²) in [6.07, 6.45) is 7.93. The molecule has 0 unspecified atom stereocenters. The Morgan fingerprint density at radius 2 is 1.78 bits per heavy atom.